The van der Waals surface area contributed by atoms with Gasteiger partial charge in [0.15, 0.2) is 0 Å². The largest absolute Gasteiger partial charge is 0.507 e. The number of benzene rings is 1. The van der Waals surface area contributed by atoms with E-state index in [4.69, 9.17) is 9.84 Å². The minimum absolute atomic E-state index is 0.225. The summed E-state index contributed by atoms with van der Waals surface area (Å²) >= 11 is 0. The molecule has 0 radical (unpaired) electrons. The lowest BCUT2D eigenvalue weighted by Gasteiger charge is -2.23. The number of hydrogen-bond acceptors (Lipinski definition) is 4. The van der Waals surface area contributed by atoms with Crippen LogP contribution in [0.5, 0.6) is 5.75 Å². The molecule has 0 spiro atoms. The van der Waals surface area contributed by atoms with Crippen molar-refractivity contribution in [3.05, 3.63) is 23.8 Å². The molecule has 0 aliphatic heterocycles. The molecule has 7 nitrogen and oxygen atoms in total. The van der Waals surface area contributed by atoms with Crippen molar-refractivity contribution in [1.29, 1.82) is 0 Å². The number of aromatic carboxylic acids is 1. The van der Waals surface area contributed by atoms with Crippen molar-refractivity contribution in [2.24, 2.45) is 0 Å². The zero-order chi connectivity index (χ0) is 15.3. The summed E-state index contributed by atoms with van der Waals surface area (Å²) in [4.78, 5) is 22.4. The Morgan fingerprint density at radius 2 is 2.00 bits per heavy atom. The lowest BCUT2D eigenvalue weighted by molar-refractivity contribution is 0.0257. The van der Waals surface area contributed by atoms with Gasteiger partial charge in [0.25, 0.3) is 0 Å². The molecule has 110 valence electrons. The second kappa shape index (κ2) is 6.25. The zero-order valence-corrected chi connectivity index (χ0v) is 11.6. The summed E-state index contributed by atoms with van der Waals surface area (Å²) in [5.74, 6) is -1.65. The third kappa shape index (κ3) is 4.43. The van der Waals surface area contributed by atoms with Crippen LogP contribution in [0.25, 0.3) is 0 Å². The van der Waals surface area contributed by atoms with Gasteiger partial charge in [-0.25, -0.2) is 9.59 Å². The number of anilines is 1. The molecule has 7 heteroatoms. The van der Waals surface area contributed by atoms with E-state index in [1.54, 1.807) is 7.11 Å². The van der Waals surface area contributed by atoms with E-state index in [-0.39, 0.29) is 5.56 Å². The fourth-order valence-corrected chi connectivity index (χ4v) is 1.33. The van der Waals surface area contributed by atoms with Gasteiger partial charge in [-0.05, 0) is 26.0 Å². The maximum atomic E-state index is 11.6. The summed E-state index contributed by atoms with van der Waals surface area (Å²) in [6, 6.07) is 3.30. The number of carboxylic acids is 1. The molecule has 0 saturated heterocycles. The van der Waals surface area contributed by atoms with E-state index < -0.39 is 23.4 Å². The third-order valence-corrected chi connectivity index (χ3v) is 2.71. The number of carbonyl (C=O) groups excluding carboxylic acids is 1. The van der Waals surface area contributed by atoms with Gasteiger partial charge in [-0.3, -0.25) is 0 Å². The molecule has 1 rings (SSSR count). The molecule has 2 amide bonds. The molecule has 20 heavy (non-hydrogen) atoms. The van der Waals surface area contributed by atoms with Gasteiger partial charge in [-0.1, -0.05) is 0 Å². The fourth-order valence-electron chi connectivity index (χ4n) is 1.33. The zero-order valence-electron chi connectivity index (χ0n) is 11.6. The van der Waals surface area contributed by atoms with Crippen LogP contribution in [0.3, 0.4) is 0 Å². The second-order valence-corrected chi connectivity index (χ2v) is 4.81. The van der Waals surface area contributed by atoms with Crippen molar-refractivity contribution in [2.75, 3.05) is 19.0 Å². The van der Waals surface area contributed by atoms with Crippen LogP contribution in [0, 0.1) is 0 Å². The number of rotatable bonds is 5. The first-order chi connectivity index (χ1) is 9.25. The van der Waals surface area contributed by atoms with Crippen LogP contribution in [0.15, 0.2) is 18.2 Å². The number of nitrogens with one attached hydrogen (secondary N) is 2. The van der Waals surface area contributed by atoms with Crippen LogP contribution in [-0.2, 0) is 4.74 Å². The van der Waals surface area contributed by atoms with Crippen molar-refractivity contribution in [3.63, 3.8) is 0 Å². The van der Waals surface area contributed by atoms with Gasteiger partial charge >= 0.3 is 12.0 Å². The number of aromatic hydroxyl groups is 1. The topological polar surface area (TPSA) is 108 Å². The highest BCUT2D eigenvalue weighted by Gasteiger charge is 2.17. The third-order valence-electron chi connectivity index (χ3n) is 2.71. The Labute approximate surface area is 116 Å². The number of urea groups is 1. The summed E-state index contributed by atoms with van der Waals surface area (Å²) in [5.41, 5.74) is -0.427. The number of hydrogen-bond donors (Lipinski definition) is 4. The molecule has 0 aromatic heterocycles. The molecule has 4 N–H and O–H groups in total. The van der Waals surface area contributed by atoms with Crippen molar-refractivity contribution < 1.29 is 24.5 Å². The summed E-state index contributed by atoms with van der Waals surface area (Å²) < 4.78 is 5.15. The second-order valence-electron chi connectivity index (χ2n) is 4.81. The maximum Gasteiger partial charge on any atom is 0.339 e. The minimum atomic E-state index is -1.24. The molecule has 0 fully saturated rings. The molecule has 0 bridgehead atoms. The van der Waals surface area contributed by atoms with Gasteiger partial charge in [0, 0.05) is 25.4 Å². The average molecular weight is 282 g/mol. The average Bonchev–Trinajstić information content (AvgIpc) is 2.36. The lowest BCUT2D eigenvalue weighted by atomic mass is 10.1. The summed E-state index contributed by atoms with van der Waals surface area (Å²) in [6.07, 6.45) is 0. The van der Waals surface area contributed by atoms with Crippen LogP contribution in [-0.4, -0.2) is 41.5 Å². The normalized spacial score (nSPS) is 10.9. The van der Waals surface area contributed by atoms with E-state index in [9.17, 15) is 14.7 Å². The Hall–Kier alpha value is -2.28. The number of carboxylic acid groups (broad SMARTS) is 1. The molecule has 0 unspecified atom stereocenters. The van der Waals surface area contributed by atoms with Gasteiger partial charge < -0.3 is 25.6 Å². The monoisotopic (exact) mass is 282 g/mol. The van der Waals surface area contributed by atoms with Crippen molar-refractivity contribution in [2.45, 2.75) is 19.4 Å². The Morgan fingerprint density at radius 1 is 1.35 bits per heavy atom. The first kappa shape index (κ1) is 15.8. The van der Waals surface area contributed by atoms with Gasteiger partial charge in [0.05, 0.1) is 5.60 Å². The van der Waals surface area contributed by atoms with Crippen LogP contribution in [0.2, 0.25) is 0 Å². The Balaban J connectivity index is 2.63. The predicted molar refractivity (Wildman–Crippen MR) is 73.2 cm³/mol. The van der Waals surface area contributed by atoms with Gasteiger partial charge in [0.2, 0.25) is 0 Å². The van der Waals surface area contributed by atoms with Gasteiger partial charge in [-0.15, -0.1) is 0 Å². The maximum absolute atomic E-state index is 11.6. The van der Waals surface area contributed by atoms with E-state index >= 15 is 0 Å². The van der Waals surface area contributed by atoms with E-state index in [1.165, 1.54) is 18.2 Å². The molecular formula is C13H18N2O5. The SMILES string of the molecule is COC(C)(C)CNC(=O)Nc1ccc(C(=O)O)c(O)c1. The Bertz CT molecular complexity index is 513. The smallest absolute Gasteiger partial charge is 0.339 e. The molecule has 1 aromatic rings. The van der Waals surface area contributed by atoms with Crippen LogP contribution < -0.4 is 10.6 Å². The van der Waals surface area contributed by atoms with E-state index in [2.05, 4.69) is 10.6 Å². The van der Waals surface area contributed by atoms with Gasteiger partial charge in [-0.2, -0.15) is 0 Å². The van der Waals surface area contributed by atoms with Crippen LogP contribution >= 0.6 is 0 Å². The highest BCUT2D eigenvalue weighted by Crippen LogP contribution is 2.21. The van der Waals surface area contributed by atoms with E-state index in [1.807, 2.05) is 13.8 Å². The van der Waals surface area contributed by atoms with Crippen molar-refractivity contribution in [3.8, 4) is 5.75 Å². The van der Waals surface area contributed by atoms with E-state index in [0.29, 0.717) is 12.2 Å². The van der Waals surface area contributed by atoms with Crippen LogP contribution in [0.4, 0.5) is 10.5 Å². The molecule has 1 aromatic carbocycles. The molecule has 0 aliphatic rings. The molecule has 0 atom stereocenters. The summed E-state index contributed by atoms with van der Waals surface area (Å²) in [5, 5.41) is 23.4. The van der Waals surface area contributed by atoms with Gasteiger partial charge in [0.1, 0.15) is 11.3 Å². The highest BCUT2D eigenvalue weighted by molar-refractivity contribution is 5.93. The number of methoxy groups -OCH3 is 1. The lowest BCUT2D eigenvalue weighted by Crippen LogP contribution is -2.41. The standard InChI is InChI=1S/C13H18N2O5/c1-13(2,20-3)7-14-12(19)15-8-4-5-9(11(17)18)10(16)6-8/h4-6,16H,7H2,1-3H3,(H,17,18)(H2,14,15,19). The molecule has 0 heterocycles. The molecular weight excluding hydrogens is 264 g/mol. The Kier molecular flexibility index (Phi) is 4.93. The van der Waals surface area contributed by atoms with Crippen molar-refractivity contribution >= 4 is 17.7 Å². The van der Waals surface area contributed by atoms with E-state index in [0.717, 1.165) is 0 Å². The summed E-state index contributed by atoms with van der Waals surface area (Å²) in [6.45, 7) is 3.94. The quantitative estimate of drug-likeness (QED) is 0.656. The predicted octanol–water partition coefficient (Wildman–Crippen LogP) is 1.64. The number of carbonyl (C=O) groups is 2. The molecule has 0 saturated carbocycles. The van der Waals surface area contributed by atoms with Crippen molar-refractivity contribution in [1.82, 2.24) is 5.32 Å². The summed E-state index contributed by atoms with van der Waals surface area (Å²) in [7, 11) is 1.54. The number of amides is 2. The fraction of sp³-hybridized carbons (Fsp3) is 0.385. The number of phenols is 1. The van der Waals surface area contributed by atoms with Crippen LogP contribution in [0.1, 0.15) is 24.2 Å². The highest BCUT2D eigenvalue weighted by atomic mass is 16.5. The minimum Gasteiger partial charge on any atom is -0.507 e. The Morgan fingerprint density at radius 3 is 2.50 bits per heavy atom. The number of ether oxygens (including phenoxy) is 1. The molecule has 0 aliphatic carbocycles. The first-order valence-corrected chi connectivity index (χ1v) is 5.91. The first-order valence-electron chi connectivity index (χ1n) is 5.91.